The van der Waals surface area contributed by atoms with Gasteiger partial charge in [-0.2, -0.15) is 0 Å². The molecule has 3 rings (SSSR count). The molecule has 0 aliphatic carbocycles. The highest BCUT2D eigenvalue weighted by molar-refractivity contribution is 5.93. The monoisotopic (exact) mass is 282 g/mol. The molecule has 108 valence electrons. The van der Waals surface area contributed by atoms with Crippen molar-refractivity contribution >= 4 is 17.3 Å². The van der Waals surface area contributed by atoms with Crippen LogP contribution in [-0.4, -0.2) is 24.6 Å². The van der Waals surface area contributed by atoms with E-state index < -0.39 is 0 Å². The van der Waals surface area contributed by atoms with Gasteiger partial charge in [0, 0.05) is 43.4 Å². The molecule has 2 N–H and O–H groups in total. The second kappa shape index (κ2) is 5.48. The summed E-state index contributed by atoms with van der Waals surface area (Å²) in [5, 5.41) is 12.8. The van der Waals surface area contributed by atoms with Gasteiger partial charge in [0.1, 0.15) is 5.75 Å². The van der Waals surface area contributed by atoms with Gasteiger partial charge in [-0.15, -0.1) is 0 Å². The lowest BCUT2D eigenvalue weighted by atomic mass is 9.97. The fourth-order valence-corrected chi connectivity index (χ4v) is 2.73. The average molecular weight is 282 g/mol. The minimum atomic E-state index is 0.0455. The number of para-hydroxylation sites is 1. The van der Waals surface area contributed by atoms with Gasteiger partial charge in [0.2, 0.25) is 5.91 Å². The van der Waals surface area contributed by atoms with Gasteiger partial charge in [0.15, 0.2) is 0 Å². The summed E-state index contributed by atoms with van der Waals surface area (Å²) in [4.78, 5) is 14.0. The molecule has 2 aromatic carbocycles. The van der Waals surface area contributed by atoms with Crippen LogP contribution in [0.2, 0.25) is 0 Å². The molecular weight excluding hydrogens is 264 g/mol. The number of nitrogens with zero attached hydrogens (tertiary/aromatic N) is 1. The number of phenols is 1. The van der Waals surface area contributed by atoms with Gasteiger partial charge in [-0.05, 0) is 23.8 Å². The molecule has 1 unspecified atom stereocenters. The maximum atomic E-state index is 12.4. The lowest BCUT2D eigenvalue weighted by Gasteiger charge is -2.19. The van der Waals surface area contributed by atoms with Crippen LogP contribution in [0.5, 0.6) is 5.75 Å². The SMILES string of the molecule is CN(C(=O)CC1CNc2ccccc21)c1cccc(O)c1. The van der Waals surface area contributed by atoms with E-state index in [1.165, 1.54) is 5.56 Å². The van der Waals surface area contributed by atoms with Crippen molar-refractivity contribution in [2.45, 2.75) is 12.3 Å². The van der Waals surface area contributed by atoms with Crippen molar-refractivity contribution in [3.8, 4) is 5.75 Å². The Kier molecular flexibility index (Phi) is 3.52. The molecule has 21 heavy (non-hydrogen) atoms. The Morgan fingerprint density at radius 3 is 2.90 bits per heavy atom. The number of anilines is 2. The first-order valence-corrected chi connectivity index (χ1v) is 7.03. The maximum Gasteiger partial charge on any atom is 0.227 e. The van der Waals surface area contributed by atoms with Gasteiger partial charge in [-0.25, -0.2) is 0 Å². The predicted octanol–water partition coefficient (Wildman–Crippen LogP) is 2.95. The first-order valence-electron chi connectivity index (χ1n) is 7.03. The zero-order chi connectivity index (χ0) is 14.8. The Hall–Kier alpha value is -2.49. The molecule has 0 fully saturated rings. The number of carbonyl (C=O) groups is 1. The molecule has 1 aliphatic rings. The summed E-state index contributed by atoms with van der Waals surface area (Å²) < 4.78 is 0. The summed E-state index contributed by atoms with van der Waals surface area (Å²) in [6, 6.07) is 14.9. The summed E-state index contributed by atoms with van der Waals surface area (Å²) in [5.41, 5.74) is 3.03. The van der Waals surface area contributed by atoms with E-state index in [-0.39, 0.29) is 17.6 Å². The van der Waals surface area contributed by atoms with Gasteiger partial charge in [-0.1, -0.05) is 24.3 Å². The van der Waals surface area contributed by atoms with Crippen LogP contribution in [0.25, 0.3) is 0 Å². The molecule has 0 aromatic heterocycles. The number of amides is 1. The standard InChI is InChI=1S/C17H18N2O2/c1-19(13-5-4-6-14(20)10-13)17(21)9-12-11-18-16-8-3-2-7-15(12)16/h2-8,10,12,18,20H,9,11H2,1H3. The first kappa shape index (κ1) is 13.5. The molecule has 1 aliphatic heterocycles. The lowest BCUT2D eigenvalue weighted by molar-refractivity contribution is -0.118. The summed E-state index contributed by atoms with van der Waals surface area (Å²) >= 11 is 0. The molecule has 0 radical (unpaired) electrons. The van der Waals surface area contributed by atoms with E-state index in [0.29, 0.717) is 12.1 Å². The highest BCUT2D eigenvalue weighted by Crippen LogP contribution is 2.34. The molecule has 0 bridgehead atoms. The van der Waals surface area contributed by atoms with Crippen molar-refractivity contribution < 1.29 is 9.90 Å². The van der Waals surface area contributed by atoms with Crippen molar-refractivity contribution in [1.82, 2.24) is 0 Å². The second-order valence-electron chi connectivity index (χ2n) is 5.34. The van der Waals surface area contributed by atoms with Gasteiger partial charge in [0.05, 0.1) is 0 Å². The van der Waals surface area contributed by atoms with Crippen LogP contribution < -0.4 is 10.2 Å². The van der Waals surface area contributed by atoms with Gasteiger partial charge in [-0.3, -0.25) is 4.79 Å². The summed E-state index contributed by atoms with van der Waals surface area (Å²) in [7, 11) is 1.74. The minimum Gasteiger partial charge on any atom is -0.508 e. The molecule has 0 saturated heterocycles. The van der Waals surface area contributed by atoms with Crippen LogP contribution in [0.4, 0.5) is 11.4 Å². The highest BCUT2D eigenvalue weighted by atomic mass is 16.3. The van der Waals surface area contributed by atoms with Crippen LogP contribution in [0, 0.1) is 0 Å². The molecule has 1 heterocycles. The number of hydrogen-bond acceptors (Lipinski definition) is 3. The minimum absolute atomic E-state index is 0.0455. The Morgan fingerprint density at radius 1 is 1.29 bits per heavy atom. The smallest absolute Gasteiger partial charge is 0.227 e. The van der Waals surface area contributed by atoms with Crippen molar-refractivity contribution in [2.75, 3.05) is 23.8 Å². The molecule has 1 amide bonds. The third-order valence-corrected chi connectivity index (χ3v) is 3.95. The number of aromatic hydroxyl groups is 1. The zero-order valence-corrected chi connectivity index (χ0v) is 11.9. The number of benzene rings is 2. The average Bonchev–Trinajstić information content (AvgIpc) is 2.90. The Morgan fingerprint density at radius 2 is 2.10 bits per heavy atom. The second-order valence-corrected chi connectivity index (χ2v) is 5.34. The van der Waals surface area contributed by atoms with Crippen molar-refractivity contribution in [3.63, 3.8) is 0 Å². The quantitative estimate of drug-likeness (QED) is 0.910. The van der Waals surface area contributed by atoms with E-state index in [1.54, 1.807) is 30.1 Å². The van der Waals surface area contributed by atoms with E-state index in [2.05, 4.69) is 11.4 Å². The summed E-state index contributed by atoms with van der Waals surface area (Å²) in [5.74, 6) is 0.414. The van der Waals surface area contributed by atoms with Crippen LogP contribution in [-0.2, 0) is 4.79 Å². The van der Waals surface area contributed by atoms with E-state index >= 15 is 0 Å². The topological polar surface area (TPSA) is 52.6 Å². The Labute approximate surface area is 124 Å². The first-order chi connectivity index (χ1) is 10.1. The third kappa shape index (κ3) is 2.70. The lowest BCUT2D eigenvalue weighted by Crippen LogP contribution is -2.28. The maximum absolute atomic E-state index is 12.4. The van der Waals surface area contributed by atoms with Crippen molar-refractivity contribution in [1.29, 1.82) is 0 Å². The van der Waals surface area contributed by atoms with Gasteiger partial charge < -0.3 is 15.3 Å². The Balaban J connectivity index is 1.73. The van der Waals surface area contributed by atoms with E-state index in [9.17, 15) is 9.90 Å². The fraction of sp³-hybridized carbons (Fsp3) is 0.235. The van der Waals surface area contributed by atoms with Crippen LogP contribution in [0.1, 0.15) is 17.9 Å². The third-order valence-electron chi connectivity index (χ3n) is 3.95. The predicted molar refractivity (Wildman–Crippen MR) is 83.8 cm³/mol. The molecule has 4 nitrogen and oxygen atoms in total. The van der Waals surface area contributed by atoms with Crippen molar-refractivity contribution in [3.05, 3.63) is 54.1 Å². The number of carbonyl (C=O) groups excluding carboxylic acids is 1. The largest absolute Gasteiger partial charge is 0.508 e. The highest BCUT2D eigenvalue weighted by Gasteiger charge is 2.25. The van der Waals surface area contributed by atoms with E-state index in [1.807, 2.05) is 24.3 Å². The number of phenolic OH excluding ortho intramolecular Hbond substituents is 1. The normalized spacial score (nSPS) is 16.1. The van der Waals surface area contributed by atoms with E-state index in [0.717, 1.165) is 12.2 Å². The fourth-order valence-electron chi connectivity index (χ4n) is 2.73. The molecular formula is C17H18N2O2. The summed E-state index contributed by atoms with van der Waals surface area (Å²) in [6.07, 6.45) is 0.455. The number of hydrogen-bond donors (Lipinski definition) is 2. The van der Waals surface area contributed by atoms with Crippen LogP contribution in [0.3, 0.4) is 0 Å². The van der Waals surface area contributed by atoms with Crippen molar-refractivity contribution in [2.24, 2.45) is 0 Å². The Bertz CT molecular complexity index is 669. The van der Waals surface area contributed by atoms with Gasteiger partial charge in [0.25, 0.3) is 0 Å². The zero-order valence-electron chi connectivity index (χ0n) is 11.9. The summed E-state index contributed by atoms with van der Waals surface area (Å²) in [6.45, 7) is 0.791. The molecule has 4 heteroatoms. The molecule has 0 saturated carbocycles. The molecule has 2 aromatic rings. The number of nitrogens with one attached hydrogen (secondary N) is 1. The molecule has 0 spiro atoms. The number of rotatable bonds is 3. The molecule has 1 atom stereocenters. The van der Waals surface area contributed by atoms with Crippen LogP contribution >= 0.6 is 0 Å². The number of fused-ring (bicyclic) bond motifs is 1. The van der Waals surface area contributed by atoms with Gasteiger partial charge >= 0.3 is 0 Å². The van der Waals surface area contributed by atoms with E-state index in [4.69, 9.17) is 0 Å². The van der Waals surface area contributed by atoms with Crippen LogP contribution in [0.15, 0.2) is 48.5 Å².